The Labute approximate surface area is 106 Å². The number of allylic oxidation sites excluding steroid dienone is 2. The fraction of sp³-hybridized carbons (Fsp3) is 0.267. The van der Waals surface area contributed by atoms with Crippen molar-refractivity contribution in [1.82, 2.24) is 0 Å². The monoisotopic (exact) mass is 244 g/mol. The van der Waals surface area contributed by atoms with E-state index in [1.807, 2.05) is 30.3 Å². The zero-order chi connectivity index (χ0) is 13.1. The average molecular weight is 244 g/mol. The lowest BCUT2D eigenvalue weighted by atomic mass is 9.76. The molecule has 0 aliphatic heterocycles. The molecule has 0 saturated carbocycles. The zero-order valence-corrected chi connectivity index (χ0v) is 10.3. The minimum absolute atomic E-state index is 0.0342. The van der Waals surface area contributed by atoms with E-state index in [4.69, 9.17) is 4.74 Å². The van der Waals surface area contributed by atoms with Crippen LogP contribution in [0.4, 0.5) is 0 Å². The Bertz CT molecular complexity index is 488. The van der Waals surface area contributed by atoms with Crippen molar-refractivity contribution in [3.63, 3.8) is 0 Å². The molecule has 0 bridgehead atoms. The quantitative estimate of drug-likeness (QED) is 0.813. The molecule has 0 radical (unpaired) electrons. The van der Waals surface area contributed by atoms with E-state index in [-0.39, 0.29) is 11.7 Å². The zero-order valence-electron chi connectivity index (χ0n) is 10.3. The van der Waals surface area contributed by atoms with Crippen molar-refractivity contribution in [2.45, 2.75) is 12.3 Å². The topological polar surface area (TPSA) is 46.5 Å². The molecule has 0 heterocycles. The third-order valence-corrected chi connectivity index (χ3v) is 3.24. The molecule has 0 amide bonds. The summed E-state index contributed by atoms with van der Waals surface area (Å²) in [6, 6.07) is 9.66. The van der Waals surface area contributed by atoms with Gasteiger partial charge in [0.15, 0.2) is 0 Å². The molecular weight excluding hydrogens is 228 g/mol. The van der Waals surface area contributed by atoms with Gasteiger partial charge < -0.3 is 9.84 Å². The summed E-state index contributed by atoms with van der Waals surface area (Å²) in [7, 11) is 1.33. The molecule has 0 aromatic heterocycles. The summed E-state index contributed by atoms with van der Waals surface area (Å²) in [5, 5.41) is 9.97. The lowest BCUT2D eigenvalue weighted by Gasteiger charge is -2.29. The molecule has 1 aromatic carbocycles. The molecule has 18 heavy (non-hydrogen) atoms. The van der Waals surface area contributed by atoms with Crippen molar-refractivity contribution in [1.29, 1.82) is 0 Å². The number of aliphatic hydroxyl groups is 1. The van der Waals surface area contributed by atoms with Gasteiger partial charge in [-0.15, -0.1) is 0 Å². The fourth-order valence-corrected chi connectivity index (χ4v) is 2.39. The number of aliphatic hydroxyl groups excluding tert-OH is 1. The predicted molar refractivity (Wildman–Crippen MR) is 69.2 cm³/mol. The molecule has 3 nitrogen and oxygen atoms in total. The van der Waals surface area contributed by atoms with Crippen LogP contribution in [0.3, 0.4) is 0 Å². The van der Waals surface area contributed by atoms with E-state index in [1.54, 1.807) is 6.08 Å². The molecule has 0 saturated heterocycles. The standard InChI is InChI=1S/C15H16O3/c1-10-8-12(11-6-4-3-5-7-11)14(13(16)9-10)15(17)18-2/h3-7,9,12,14,16H,1,8H2,2H3. The molecule has 1 aromatic rings. The highest BCUT2D eigenvalue weighted by atomic mass is 16.5. The first kappa shape index (κ1) is 12.4. The van der Waals surface area contributed by atoms with E-state index in [0.29, 0.717) is 6.42 Å². The van der Waals surface area contributed by atoms with Gasteiger partial charge in [-0.25, -0.2) is 0 Å². The normalized spacial score (nSPS) is 23.4. The number of carbonyl (C=O) groups is 1. The van der Waals surface area contributed by atoms with E-state index in [0.717, 1.165) is 11.1 Å². The van der Waals surface area contributed by atoms with Crippen LogP contribution < -0.4 is 0 Å². The summed E-state index contributed by atoms with van der Waals surface area (Å²) >= 11 is 0. The predicted octanol–water partition coefficient (Wildman–Crippen LogP) is 2.96. The first-order valence-electron chi connectivity index (χ1n) is 5.84. The van der Waals surface area contributed by atoms with Crippen LogP contribution in [-0.2, 0) is 9.53 Å². The Balaban J connectivity index is 2.41. The lowest BCUT2D eigenvalue weighted by Crippen LogP contribution is -2.28. The third kappa shape index (κ3) is 2.30. The van der Waals surface area contributed by atoms with Crippen LogP contribution in [0.2, 0.25) is 0 Å². The van der Waals surface area contributed by atoms with Crippen LogP contribution in [-0.4, -0.2) is 18.2 Å². The summed E-state index contributed by atoms with van der Waals surface area (Å²) in [6.45, 7) is 3.87. The van der Waals surface area contributed by atoms with Crippen molar-refractivity contribution >= 4 is 5.97 Å². The number of esters is 1. The first-order chi connectivity index (χ1) is 8.63. The van der Waals surface area contributed by atoms with Gasteiger partial charge >= 0.3 is 5.97 Å². The number of hydrogen-bond donors (Lipinski definition) is 1. The molecule has 2 rings (SSSR count). The van der Waals surface area contributed by atoms with Crippen molar-refractivity contribution < 1.29 is 14.6 Å². The lowest BCUT2D eigenvalue weighted by molar-refractivity contribution is -0.146. The van der Waals surface area contributed by atoms with Crippen LogP contribution in [0.1, 0.15) is 17.9 Å². The van der Waals surface area contributed by atoms with Crippen LogP contribution in [0, 0.1) is 5.92 Å². The molecule has 0 fully saturated rings. The highest BCUT2D eigenvalue weighted by Crippen LogP contribution is 2.39. The average Bonchev–Trinajstić information content (AvgIpc) is 2.38. The molecule has 1 aliphatic carbocycles. The van der Waals surface area contributed by atoms with Crippen molar-refractivity contribution in [2.75, 3.05) is 7.11 Å². The van der Waals surface area contributed by atoms with E-state index >= 15 is 0 Å². The molecule has 1 N–H and O–H groups in total. The van der Waals surface area contributed by atoms with Crippen LogP contribution >= 0.6 is 0 Å². The molecule has 94 valence electrons. The van der Waals surface area contributed by atoms with E-state index in [2.05, 4.69) is 6.58 Å². The number of methoxy groups -OCH3 is 1. The molecule has 0 spiro atoms. The SMILES string of the molecule is C=C1C=C(O)C(C(=O)OC)C(c2ccccc2)C1. The maximum atomic E-state index is 11.8. The van der Waals surface area contributed by atoms with E-state index in [1.165, 1.54) is 7.11 Å². The van der Waals surface area contributed by atoms with Crippen molar-refractivity contribution in [3.05, 3.63) is 59.9 Å². The Morgan fingerprint density at radius 2 is 2.06 bits per heavy atom. The van der Waals surface area contributed by atoms with Gasteiger partial charge in [-0.3, -0.25) is 4.79 Å². The van der Waals surface area contributed by atoms with Gasteiger partial charge in [0.2, 0.25) is 0 Å². The number of benzene rings is 1. The van der Waals surface area contributed by atoms with Gasteiger partial charge in [0, 0.05) is 5.92 Å². The number of carbonyl (C=O) groups excluding carboxylic acids is 1. The van der Waals surface area contributed by atoms with Gasteiger partial charge in [-0.05, 0) is 18.1 Å². The number of ether oxygens (including phenoxy) is 1. The molecular formula is C15H16O3. The van der Waals surface area contributed by atoms with E-state index < -0.39 is 11.9 Å². The second-order valence-corrected chi connectivity index (χ2v) is 4.45. The van der Waals surface area contributed by atoms with Gasteiger partial charge in [-0.1, -0.05) is 42.5 Å². The largest absolute Gasteiger partial charge is 0.511 e. The summed E-state index contributed by atoms with van der Waals surface area (Å²) in [4.78, 5) is 11.8. The van der Waals surface area contributed by atoms with Gasteiger partial charge in [0.25, 0.3) is 0 Å². The Hall–Kier alpha value is -2.03. The summed E-state index contributed by atoms with van der Waals surface area (Å²) in [5.41, 5.74) is 1.83. The minimum atomic E-state index is -0.636. The van der Waals surface area contributed by atoms with Gasteiger partial charge in [0.1, 0.15) is 11.7 Å². The second kappa shape index (κ2) is 5.08. The maximum absolute atomic E-state index is 11.8. The fourth-order valence-electron chi connectivity index (χ4n) is 2.39. The van der Waals surface area contributed by atoms with Crippen LogP contribution in [0.25, 0.3) is 0 Å². The van der Waals surface area contributed by atoms with Crippen LogP contribution in [0.5, 0.6) is 0 Å². The van der Waals surface area contributed by atoms with E-state index in [9.17, 15) is 9.90 Å². The van der Waals surface area contributed by atoms with Gasteiger partial charge in [-0.2, -0.15) is 0 Å². The highest BCUT2D eigenvalue weighted by molar-refractivity contribution is 5.77. The first-order valence-corrected chi connectivity index (χ1v) is 5.84. The number of hydrogen-bond acceptors (Lipinski definition) is 3. The summed E-state index contributed by atoms with van der Waals surface area (Å²) < 4.78 is 4.78. The third-order valence-electron chi connectivity index (χ3n) is 3.24. The molecule has 3 heteroatoms. The molecule has 2 atom stereocenters. The Morgan fingerprint density at radius 3 is 2.67 bits per heavy atom. The van der Waals surface area contributed by atoms with Crippen molar-refractivity contribution in [2.24, 2.45) is 5.92 Å². The molecule has 1 aliphatic rings. The smallest absolute Gasteiger partial charge is 0.316 e. The Kier molecular flexibility index (Phi) is 3.51. The second-order valence-electron chi connectivity index (χ2n) is 4.45. The van der Waals surface area contributed by atoms with Gasteiger partial charge in [0.05, 0.1) is 7.11 Å². The summed E-state index contributed by atoms with van der Waals surface area (Å²) in [6.07, 6.45) is 2.20. The minimum Gasteiger partial charge on any atom is -0.511 e. The van der Waals surface area contributed by atoms with Crippen molar-refractivity contribution in [3.8, 4) is 0 Å². The molecule has 2 unspecified atom stereocenters. The highest BCUT2D eigenvalue weighted by Gasteiger charge is 2.36. The number of rotatable bonds is 2. The van der Waals surface area contributed by atoms with Crippen LogP contribution in [0.15, 0.2) is 54.3 Å². The Morgan fingerprint density at radius 1 is 1.39 bits per heavy atom. The summed E-state index contributed by atoms with van der Waals surface area (Å²) in [5.74, 6) is -1.13. The maximum Gasteiger partial charge on any atom is 0.316 e.